The lowest BCUT2D eigenvalue weighted by atomic mass is 10.1. The molecule has 1 atom stereocenters. The van der Waals surface area contributed by atoms with E-state index in [9.17, 15) is 9.59 Å². The van der Waals surface area contributed by atoms with Gasteiger partial charge in [0.05, 0.1) is 12.5 Å². The summed E-state index contributed by atoms with van der Waals surface area (Å²) in [6.45, 7) is 1.51. The highest BCUT2D eigenvalue weighted by Gasteiger charge is 2.23. The number of hydrogen-bond acceptors (Lipinski definition) is 5. The van der Waals surface area contributed by atoms with Crippen molar-refractivity contribution in [2.45, 2.75) is 13.0 Å². The van der Waals surface area contributed by atoms with Crippen LogP contribution < -0.4 is 10.2 Å². The molecule has 0 spiro atoms. The summed E-state index contributed by atoms with van der Waals surface area (Å²) in [7, 11) is 1.26. The molecule has 0 aliphatic heterocycles. The highest BCUT2D eigenvalue weighted by Crippen LogP contribution is 2.32. The van der Waals surface area contributed by atoms with Crippen molar-refractivity contribution in [2.24, 2.45) is 0 Å². The summed E-state index contributed by atoms with van der Waals surface area (Å²) in [6, 6.07) is 13.6. The number of methoxy groups -OCH3 is 1. The summed E-state index contributed by atoms with van der Waals surface area (Å²) in [5.74, 6) is -0.398. The fourth-order valence-corrected chi connectivity index (χ4v) is 2.54. The summed E-state index contributed by atoms with van der Waals surface area (Å²) in [5.41, 5.74) is 0.678. The van der Waals surface area contributed by atoms with Gasteiger partial charge in [-0.25, -0.2) is 4.79 Å². The summed E-state index contributed by atoms with van der Waals surface area (Å²) < 4.78 is 16.2. The number of carbonyl (C=O) groups excluding carboxylic acids is 1. The Kier molecular flexibility index (Phi) is 4.76. The number of esters is 1. The Bertz CT molecular complexity index is 975. The van der Waals surface area contributed by atoms with Crippen LogP contribution in [0.5, 0.6) is 5.75 Å². The van der Waals surface area contributed by atoms with E-state index in [-0.39, 0.29) is 16.9 Å². The zero-order valence-corrected chi connectivity index (χ0v) is 14.4. The van der Waals surface area contributed by atoms with Gasteiger partial charge in [-0.15, -0.1) is 0 Å². The largest absolute Gasteiger partial charge is 0.471 e. The third kappa shape index (κ3) is 3.37. The molecule has 1 aromatic heterocycles. The van der Waals surface area contributed by atoms with Gasteiger partial charge in [0.1, 0.15) is 5.58 Å². The molecular formula is C19H15ClO5. The van der Waals surface area contributed by atoms with Crippen molar-refractivity contribution in [1.29, 1.82) is 0 Å². The molecule has 2 aromatic carbocycles. The van der Waals surface area contributed by atoms with E-state index in [0.717, 1.165) is 0 Å². The van der Waals surface area contributed by atoms with Gasteiger partial charge in [0.15, 0.2) is 11.9 Å². The van der Waals surface area contributed by atoms with E-state index in [0.29, 0.717) is 21.6 Å². The smallest absolute Gasteiger partial charge is 0.346 e. The van der Waals surface area contributed by atoms with Gasteiger partial charge in [-0.3, -0.25) is 4.79 Å². The number of benzene rings is 2. The molecule has 0 unspecified atom stereocenters. The molecule has 0 N–H and O–H groups in total. The lowest BCUT2D eigenvalue weighted by Gasteiger charge is -2.15. The standard InChI is InChI=1S/C19H15ClO5/c1-11(19(22)23-2)24-18-16(21)14-5-3-4-6-15(14)25-17(18)12-7-9-13(20)10-8-12/h3-11H,1-2H3/t11-/m1/s1. The van der Waals surface area contributed by atoms with E-state index in [1.165, 1.54) is 14.0 Å². The molecule has 0 saturated heterocycles. The first-order chi connectivity index (χ1) is 12.0. The van der Waals surface area contributed by atoms with Gasteiger partial charge in [0.2, 0.25) is 11.2 Å². The van der Waals surface area contributed by atoms with Crippen LogP contribution in [-0.2, 0) is 9.53 Å². The van der Waals surface area contributed by atoms with Crippen LogP contribution in [-0.4, -0.2) is 19.2 Å². The highest BCUT2D eigenvalue weighted by molar-refractivity contribution is 6.30. The van der Waals surface area contributed by atoms with Crippen LogP contribution >= 0.6 is 11.6 Å². The third-order valence-electron chi connectivity index (χ3n) is 3.69. The van der Waals surface area contributed by atoms with E-state index in [2.05, 4.69) is 4.74 Å². The molecule has 25 heavy (non-hydrogen) atoms. The van der Waals surface area contributed by atoms with Crippen LogP contribution in [0, 0.1) is 0 Å². The number of hydrogen-bond donors (Lipinski definition) is 0. The van der Waals surface area contributed by atoms with Crippen LogP contribution in [0.1, 0.15) is 6.92 Å². The van der Waals surface area contributed by atoms with E-state index >= 15 is 0 Å². The van der Waals surface area contributed by atoms with Crippen LogP contribution in [0.3, 0.4) is 0 Å². The maximum absolute atomic E-state index is 12.9. The molecule has 128 valence electrons. The Labute approximate surface area is 148 Å². The number of para-hydroxylation sites is 1. The second-order valence-corrected chi connectivity index (χ2v) is 5.81. The molecule has 3 rings (SSSR count). The van der Waals surface area contributed by atoms with Gasteiger partial charge < -0.3 is 13.9 Å². The summed E-state index contributed by atoms with van der Waals surface area (Å²) in [6.07, 6.45) is -0.958. The molecule has 0 aliphatic rings. The van der Waals surface area contributed by atoms with Crippen LogP contribution in [0.25, 0.3) is 22.3 Å². The van der Waals surface area contributed by atoms with Crippen molar-refractivity contribution in [1.82, 2.24) is 0 Å². The molecule has 6 heteroatoms. The monoisotopic (exact) mass is 358 g/mol. The van der Waals surface area contributed by atoms with Gasteiger partial charge >= 0.3 is 5.97 Å². The molecule has 3 aromatic rings. The Balaban J connectivity index is 2.22. The molecule has 5 nitrogen and oxygen atoms in total. The summed E-state index contributed by atoms with van der Waals surface area (Å²) >= 11 is 5.93. The first kappa shape index (κ1) is 17.0. The predicted molar refractivity (Wildman–Crippen MR) is 95.0 cm³/mol. The van der Waals surface area contributed by atoms with Gasteiger partial charge in [-0.1, -0.05) is 23.7 Å². The fraction of sp³-hybridized carbons (Fsp3) is 0.158. The molecule has 0 amide bonds. The lowest BCUT2D eigenvalue weighted by Crippen LogP contribution is -2.27. The minimum Gasteiger partial charge on any atom is -0.471 e. The zero-order chi connectivity index (χ0) is 18.0. The van der Waals surface area contributed by atoms with Crippen molar-refractivity contribution < 1.29 is 18.7 Å². The highest BCUT2D eigenvalue weighted by atomic mass is 35.5. The number of carbonyl (C=O) groups is 1. The van der Waals surface area contributed by atoms with Crippen molar-refractivity contribution >= 4 is 28.5 Å². The second kappa shape index (κ2) is 6.99. The molecule has 0 fully saturated rings. The van der Waals surface area contributed by atoms with Crippen molar-refractivity contribution in [2.75, 3.05) is 7.11 Å². The minimum absolute atomic E-state index is 0.0427. The van der Waals surface area contributed by atoms with E-state index < -0.39 is 12.1 Å². The topological polar surface area (TPSA) is 65.7 Å². The number of ether oxygens (including phenoxy) is 2. The maximum Gasteiger partial charge on any atom is 0.346 e. The SMILES string of the molecule is COC(=O)[C@@H](C)Oc1c(-c2ccc(Cl)cc2)oc2ccccc2c1=O. The Morgan fingerprint density at radius 1 is 1.12 bits per heavy atom. The Morgan fingerprint density at radius 2 is 1.80 bits per heavy atom. The molecule has 0 bridgehead atoms. The van der Waals surface area contributed by atoms with Crippen LogP contribution in [0.4, 0.5) is 0 Å². The second-order valence-electron chi connectivity index (χ2n) is 5.38. The predicted octanol–water partition coefficient (Wildman–Crippen LogP) is 4.05. The summed E-state index contributed by atoms with van der Waals surface area (Å²) in [5, 5.41) is 0.921. The average molecular weight is 359 g/mol. The first-order valence-corrected chi connectivity index (χ1v) is 7.95. The number of rotatable bonds is 4. The van der Waals surface area contributed by atoms with Gasteiger partial charge in [0, 0.05) is 10.6 Å². The molecular weight excluding hydrogens is 344 g/mol. The van der Waals surface area contributed by atoms with E-state index in [4.69, 9.17) is 20.8 Å². The first-order valence-electron chi connectivity index (χ1n) is 7.57. The molecule has 0 radical (unpaired) electrons. The van der Waals surface area contributed by atoms with Gasteiger partial charge in [-0.2, -0.15) is 0 Å². The fourth-order valence-electron chi connectivity index (χ4n) is 2.41. The van der Waals surface area contributed by atoms with E-state index in [1.807, 2.05) is 0 Å². The van der Waals surface area contributed by atoms with Gasteiger partial charge in [0.25, 0.3) is 0 Å². The Morgan fingerprint density at radius 3 is 2.48 bits per heavy atom. The summed E-state index contributed by atoms with van der Waals surface area (Å²) in [4.78, 5) is 24.6. The lowest BCUT2D eigenvalue weighted by molar-refractivity contribution is -0.147. The van der Waals surface area contributed by atoms with Crippen LogP contribution in [0.2, 0.25) is 5.02 Å². The molecule has 0 aliphatic carbocycles. The third-order valence-corrected chi connectivity index (χ3v) is 3.94. The normalized spacial score (nSPS) is 12.0. The van der Waals surface area contributed by atoms with Crippen molar-refractivity contribution in [3.05, 3.63) is 63.8 Å². The molecule has 1 heterocycles. The van der Waals surface area contributed by atoms with Gasteiger partial charge in [-0.05, 0) is 43.3 Å². The number of fused-ring (bicyclic) bond motifs is 1. The van der Waals surface area contributed by atoms with E-state index in [1.54, 1.807) is 48.5 Å². The van der Waals surface area contributed by atoms with Crippen molar-refractivity contribution in [3.63, 3.8) is 0 Å². The Hall–Kier alpha value is -2.79. The van der Waals surface area contributed by atoms with Crippen molar-refractivity contribution in [3.8, 4) is 17.1 Å². The maximum atomic E-state index is 12.9. The average Bonchev–Trinajstić information content (AvgIpc) is 2.63. The minimum atomic E-state index is -0.958. The van der Waals surface area contributed by atoms with Crippen LogP contribution in [0.15, 0.2) is 57.7 Å². The number of halogens is 1. The quantitative estimate of drug-likeness (QED) is 0.658. The molecule has 0 saturated carbocycles. The zero-order valence-electron chi connectivity index (χ0n) is 13.6.